The van der Waals surface area contributed by atoms with Gasteiger partial charge in [0.25, 0.3) is 0 Å². The highest BCUT2D eigenvalue weighted by atomic mass is 19.4. The lowest BCUT2D eigenvalue weighted by molar-refractivity contribution is -0.191. The lowest BCUT2D eigenvalue weighted by Gasteiger charge is -2.33. The summed E-state index contributed by atoms with van der Waals surface area (Å²) in [6.07, 6.45) is -3.60. The lowest BCUT2D eigenvalue weighted by Crippen LogP contribution is -2.55. The van der Waals surface area contributed by atoms with Gasteiger partial charge in [0.2, 0.25) is 5.78 Å². The van der Waals surface area contributed by atoms with Crippen LogP contribution < -0.4 is 15.4 Å². The fraction of sp³-hybridized carbons (Fsp3) is 0.300. The average Bonchev–Trinajstić information content (AvgIpc) is 3.50. The van der Waals surface area contributed by atoms with Crippen LogP contribution in [0.2, 0.25) is 0 Å². The molecule has 0 saturated carbocycles. The fourth-order valence-corrected chi connectivity index (χ4v) is 4.62. The third kappa shape index (κ3) is 7.06. The number of likely N-dealkylation sites (tertiary alicyclic amines) is 1. The molecule has 0 radical (unpaired) electrons. The number of halogens is 4. The van der Waals surface area contributed by atoms with Crippen molar-refractivity contribution in [3.63, 3.8) is 0 Å². The van der Waals surface area contributed by atoms with Crippen LogP contribution in [-0.2, 0) is 22.1 Å². The number of aryl methyl sites for hydroxylation is 1. The van der Waals surface area contributed by atoms with Gasteiger partial charge in [-0.15, -0.1) is 0 Å². The lowest BCUT2D eigenvalue weighted by atomic mass is 10.0. The molecule has 0 aliphatic carbocycles. The number of esters is 1. The molecule has 12 heteroatoms. The molecule has 222 valence electrons. The number of methoxy groups -OCH3 is 1. The summed E-state index contributed by atoms with van der Waals surface area (Å²) in [7, 11) is 1.24. The number of rotatable bonds is 9. The molecule has 42 heavy (non-hydrogen) atoms. The highest BCUT2D eigenvalue weighted by Crippen LogP contribution is 2.35. The number of nitrogens with one attached hydrogen (secondary N) is 2. The van der Waals surface area contributed by atoms with E-state index in [1.807, 2.05) is 0 Å². The van der Waals surface area contributed by atoms with Crippen LogP contribution in [0, 0.1) is 6.92 Å². The molecule has 1 unspecified atom stereocenters. The van der Waals surface area contributed by atoms with Crippen LogP contribution >= 0.6 is 0 Å². The molecule has 0 bridgehead atoms. The Bertz CT molecular complexity index is 1460. The Morgan fingerprint density at radius 3 is 2.14 bits per heavy atom. The number of alkyl halides is 4. The summed E-state index contributed by atoms with van der Waals surface area (Å²) >= 11 is 0. The maximum atomic E-state index is 16.4. The van der Waals surface area contributed by atoms with Crippen molar-refractivity contribution in [2.45, 2.75) is 38.3 Å². The third-order valence-electron chi connectivity index (χ3n) is 6.77. The van der Waals surface area contributed by atoms with Gasteiger partial charge < -0.3 is 20.1 Å². The number of ketones is 1. The van der Waals surface area contributed by atoms with Crippen molar-refractivity contribution in [3.8, 4) is 5.75 Å². The number of hydrogen-bond acceptors (Lipinski definition) is 6. The number of Topliss-reactive ketones (excluding diaryl/α,β-unsaturated/α-hetero) is 1. The van der Waals surface area contributed by atoms with Gasteiger partial charge in [0.15, 0.2) is 0 Å². The van der Waals surface area contributed by atoms with Gasteiger partial charge in [0.05, 0.1) is 23.9 Å². The van der Waals surface area contributed by atoms with Crippen LogP contribution in [0.25, 0.3) is 0 Å². The number of urea groups is 1. The van der Waals surface area contributed by atoms with Crippen molar-refractivity contribution in [3.05, 3.63) is 89.0 Å². The molecule has 0 spiro atoms. The van der Waals surface area contributed by atoms with Crippen LogP contribution in [0.15, 0.2) is 66.7 Å². The second-order valence-corrected chi connectivity index (χ2v) is 9.75. The average molecular weight is 588 g/mol. The molecule has 0 aromatic heterocycles. The summed E-state index contributed by atoms with van der Waals surface area (Å²) in [6, 6.07) is 13.9. The van der Waals surface area contributed by atoms with Crippen molar-refractivity contribution in [1.29, 1.82) is 0 Å². The Balaban J connectivity index is 1.46. The molecule has 1 aliphatic heterocycles. The van der Waals surface area contributed by atoms with Gasteiger partial charge in [0.1, 0.15) is 5.75 Å². The smallest absolute Gasteiger partial charge is 0.418 e. The van der Waals surface area contributed by atoms with E-state index < -0.39 is 41.2 Å². The Kier molecular flexibility index (Phi) is 9.15. The molecule has 8 nitrogen and oxygen atoms in total. The number of hydrogen-bond donors (Lipinski definition) is 2. The number of carbonyl (C=O) groups excluding carboxylic acids is 3. The molecule has 4 rings (SSSR count). The molecule has 3 aromatic carbocycles. The van der Waals surface area contributed by atoms with E-state index in [0.717, 1.165) is 12.1 Å². The number of anilines is 2. The van der Waals surface area contributed by atoms with Gasteiger partial charge in [-0.3, -0.25) is 4.79 Å². The number of ether oxygens (including phenoxy) is 2. The molecule has 2 amide bonds. The van der Waals surface area contributed by atoms with Crippen LogP contribution in [0.5, 0.6) is 5.75 Å². The first-order chi connectivity index (χ1) is 19.9. The van der Waals surface area contributed by atoms with E-state index in [4.69, 9.17) is 4.74 Å². The molecule has 3 aromatic rings. The van der Waals surface area contributed by atoms with Crippen molar-refractivity contribution in [2.75, 3.05) is 30.8 Å². The SMILES string of the molecule is COC(=O)c1ccc(OC(F)(C(=O)Cc2ccc(NC(=O)Nc3ccccc3C(F)(F)F)c(C)c2)N2CCCC2)cc1. The quantitative estimate of drug-likeness (QED) is 0.172. The monoisotopic (exact) mass is 587 g/mol. The molecule has 1 heterocycles. The summed E-state index contributed by atoms with van der Waals surface area (Å²) < 4.78 is 66.4. The number of para-hydroxylation sites is 1. The van der Waals surface area contributed by atoms with Crippen LogP contribution in [0.1, 0.15) is 39.9 Å². The van der Waals surface area contributed by atoms with Gasteiger partial charge in [-0.1, -0.05) is 24.3 Å². The normalized spacial score (nSPS) is 15.0. The number of carbonyl (C=O) groups is 3. The Hall–Kier alpha value is -4.45. The summed E-state index contributed by atoms with van der Waals surface area (Å²) in [5, 5.41) is 4.71. The van der Waals surface area contributed by atoms with Gasteiger partial charge in [-0.05, 0) is 73.4 Å². The standard InChI is InChI=1S/C30H29F4N3O5/c1-19-17-20(9-14-24(19)35-28(40)36-25-8-4-3-7-23(25)29(31,32)33)18-26(38)30(34,37-15-5-6-16-37)42-22-12-10-21(11-13-22)27(39)41-2/h3-4,7-14,17H,5-6,15-16,18H2,1-2H3,(H2,35,36,40). The molecule has 1 atom stereocenters. The highest BCUT2D eigenvalue weighted by molar-refractivity contribution is 6.00. The van der Waals surface area contributed by atoms with Crippen molar-refractivity contribution in [2.24, 2.45) is 0 Å². The van der Waals surface area contributed by atoms with Crippen LogP contribution in [0.4, 0.5) is 33.7 Å². The van der Waals surface area contributed by atoms with E-state index in [1.165, 1.54) is 60.5 Å². The van der Waals surface area contributed by atoms with Gasteiger partial charge in [-0.25, -0.2) is 14.5 Å². The third-order valence-corrected chi connectivity index (χ3v) is 6.77. The molecule has 1 saturated heterocycles. The van der Waals surface area contributed by atoms with Crippen molar-refractivity contribution < 1.29 is 41.4 Å². The zero-order valence-corrected chi connectivity index (χ0v) is 22.9. The largest absolute Gasteiger partial charge is 0.465 e. The van der Waals surface area contributed by atoms with E-state index in [-0.39, 0.29) is 17.7 Å². The maximum absolute atomic E-state index is 16.4. The first-order valence-electron chi connectivity index (χ1n) is 13.1. The first kappa shape index (κ1) is 30.5. The molecular formula is C30H29F4N3O5. The maximum Gasteiger partial charge on any atom is 0.418 e. The molecule has 2 N–H and O–H groups in total. The second kappa shape index (κ2) is 12.6. The molecule has 1 fully saturated rings. The summed E-state index contributed by atoms with van der Waals surface area (Å²) in [5.41, 5.74) is 0.0928. The minimum Gasteiger partial charge on any atom is -0.465 e. The number of nitrogens with zero attached hydrogens (tertiary/aromatic N) is 1. The highest BCUT2D eigenvalue weighted by Gasteiger charge is 2.48. The molecular weight excluding hydrogens is 558 g/mol. The van der Waals surface area contributed by atoms with Gasteiger partial charge in [0, 0.05) is 25.2 Å². The van der Waals surface area contributed by atoms with Gasteiger partial charge in [-0.2, -0.15) is 17.6 Å². The van der Waals surface area contributed by atoms with Gasteiger partial charge >= 0.3 is 24.2 Å². The van der Waals surface area contributed by atoms with Crippen molar-refractivity contribution >= 4 is 29.2 Å². The van der Waals surface area contributed by atoms with E-state index >= 15 is 4.39 Å². The summed E-state index contributed by atoms with van der Waals surface area (Å²) in [5.74, 6) is -4.12. The van der Waals surface area contributed by atoms with Crippen molar-refractivity contribution in [1.82, 2.24) is 4.90 Å². The minimum atomic E-state index is -4.65. The summed E-state index contributed by atoms with van der Waals surface area (Å²) in [6.45, 7) is 2.27. The predicted octanol–water partition coefficient (Wildman–Crippen LogP) is 6.35. The van der Waals surface area contributed by atoms with Crippen LogP contribution in [-0.4, -0.2) is 48.9 Å². The first-order valence-corrected chi connectivity index (χ1v) is 13.1. The van der Waals surface area contributed by atoms with Crippen LogP contribution in [0.3, 0.4) is 0 Å². The van der Waals surface area contributed by atoms with E-state index in [9.17, 15) is 27.6 Å². The van der Waals surface area contributed by atoms with E-state index in [2.05, 4.69) is 15.4 Å². The Morgan fingerprint density at radius 2 is 1.52 bits per heavy atom. The summed E-state index contributed by atoms with van der Waals surface area (Å²) in [4.78, 5) is 38.8. The second-order valence-electron chi connectivity index (χ2n) is 9.75. The zero-order chi connectivity index (χ0) is 30.5. The topological polar surface area (TPSA) is 97.0 Å². The molecule has 1 aliphatic rings. The van der Waals surface area contributed by atoms with E-state index in [1.54, 1.807) is 13.0 Å². The number of amides is 2. The minimum absolute atomic E-state index is 0.0549. The number of benzene rings is 3. The zero-order valence-electron chi connectivity index (χ0n) is 22.9. The Morgan fingerprint density at radius 1 is 0.881 bits per heavy atom. The predicted molar refractivity (Wildman–Crippen MR) is 147 cm³/mol. The fourth-order valence-electron chi connectivity index (χ4n) is 4.62. The van der Waals surface area contributed by atoms with E-state index in [0.29, 0.717) is 42.7 Å². The Labute approximate surface area is 239 Å².